The van der Waals surface area contributed by atoms with Gasteiger partial charge in [0.2, 0.25) is 23.6 Å². The van der Waals surface area contributed by atoms with Crippen LogP contribution in [0.2, 0.25) is 0 Å². The van der Waals surface area contributed by atoms with E-state index < -0.39 is 12.1 Å². The van der Waals surface area contributed by atoms with Gasteiger partial charge in [0.1, 0.15) is 12.1 Å². The number of allylic oxidation sites excluding steroid dienone is 4. The maximum absolute atomic E-state index is 14.0. The van der Waals surface area contributed by atoms with Gasteiger partial charge in [-0.25, -0.2) is 0 Å². The number of carbonyl (C=O) groups excluding carboxylic acids is 4. The Labute approximate surface area is 470 Å². The molecular formula is C66H124N6O4. The van der Waals surface area contributed by atoms with Crippen LogP contribution in [0.5, 0.6) is 0 Å². The lowest BCUT2D eigenvalue weighted by molar-refractivity contribution is -0.142. The van der Waals surface area contributed by atoms with E-state index in [1.54, 1.807) is 0 Å². The molecule has 442 valence electrons. The molecule has 2 N–H and O–H groups in total. The minimum atomic E-state index is -0.473. The van der Waals surface area contributed by atoms with Crippen LogP contribution in [-0.2, 0) is 19.2 Å². The van der Waals surface area contributed by atoms with Gasteiger partial charge in [0, 0.05) is 51.1 Å². The summed E-state index contributed by atoms with van der Waals surface area (Å²) in [6.45, 7) is 17.5. The summed E-state index contributed by atoms with van der Waals surface area (Å²) in [6, 6.07) is -0.0217. The first-order valence-electron chi connectivity index (χ1n) is 32.8. The first kappa shape index (κ1) is 69.4. The highest BCUT2D eigenvalue weighted by molar-refractivity contribution is 5.88. The Balaban J connectivity index is 1.80. The molecule has 4 atom stereocenters. The Kier molecular flexibility index (Phi) is 42.1. The fraction of sp³-hybridized carbons (Fsp3) is 0.879. The van der Waals surface area contributed by atoms with Crippen LogP contribution in [0.4, 0.5) is 0 Å². The summed E-state index contributed by atoms with van der Waals surface area (Å²) in [5.41, 5.74) is 0. The number of nitrogens with one attached hydrogen (secondary N) is 2. The summed E-state index contributed by atoms with van der Waals surface area (Å²) < 4.78 is 0. The van der Waals surface area contributed by atoms with Gasteiger partial charge in [-0.15, -0.1) is 0 Å². The molecule has 0 aliphatic carbocycles. The number of hydrogen-bond donors (Lipinski definition) is 2. The summed E-state index contributed by atoms with van der Waals surface area (Å²) in [4.78, 5) is 64.6. The van der Waals surface area contributed by atoms with Crippen LogP contribution in [0, 0.1) is 11.8 Å². The zero-order valence-electron chi connectivity index (χ0n) is 51.3. The Morgan fingerprint density at radius 2 is 0.750 bits per heavy atom. The van der Waals surface area contributed by atoms with Gasteiger partial charge in [0.25, 0.3) is 0 Å². The van der Waals surface area contributed by atoms with Crippen LogP contribution >= 0.6 is 0 Å². The van der Waals surface area contributed by atoms with Crippen molar-refractivity contribution in [2.75, 3.05) is 53.4 Å². The van der Waals surface area contributed by atoms with Crippen LogP contribution in [0.3, 0.4) is 0 Å². The Morgan fingerprint density at radius 3 is 1.05 bits per heavy atom. The predicted octanol–water partition coefficient (Wildman–Crippen LogP) is 15.5. The molecule has 4 unspecified atom stereocenters. The SMILES string of the molecule is CCCCCCCC/C=C\CCCCCCCC(=O)N(CCC1CCCN1C)C(C(=O)NCCCCCCNC(=O)C(C(C)C)N(CCC1CCCN1C)C(=O)CCCCCCC/C=C\CCCCCCCC)C(C)C. The molecular weight excluding hydrogens is 941 g/mol. The molecule has 10 nitrogen and oxygen atoms in total. The molecule has 2 saturated heterocycles. The lowest BCUT2D eigenvalue weighted by Gasteiger charge is -2.35. The molecule has 2 aliphatic heterocycles. The Morgan fingerprint density at radius 1 is 0.447 bits per heavy atom. The number of likely N-dealkylation sites (tertiary alicyclic amines) is 2. The first-order valence-corrected chi connectivity index (χ1v) is 32.8. The van der Waals surface area contributed by atoms with Gasteiger partial charge >= 0.3 is 0 Å². The number of hydrogen-bond acceptors (Lipinski definition) is 6. The van der Waals surface area contributed by atoms with Gasteiger partial charge in [-0.1, -0.05) is 181 Å². The highest BCUT2D eigenvalue weighted by Gasteiger charge is 2.35. The number of rotatable bonds is 49. The summed E-state index contributed by atoms with van der Waals surface area (Å²) in [5.74, 6) is 0.216. The molecule has 0 bridgehead atoms. The van der Waals surface area contributed by atoms with Crippen LogP contribution < -0.4 is 10.6 Å². The van der Waals surface area contributed by atoms with Gasteiger partial charge < -0.3 is 30.2 Å². The average molecular weight is 1070 g/mol. The third-order valence-electron chi connectivity index (χ3n) is 16.9. The van der Waals surface area contributed by atoms with Crippen LogP contribution in [-0.4, -0.2) is 121 Å². The van der Waals surface area contributed by atoms with Crippen molar-refractivity contribution in [3.05, 3.63) is 24.3 Å². The molecule has 4 amide bonds. The largest absolute Gasteiger partial charge is 0.354 e. The van der Waals surface area contributed by atoms with Crippen molar-refractivity contribution in [1.29, 1.82) is 0 Å². The van der Waals surface area contributed by atoms with E-state index in [2.05, 4.69) is 100 Å². The van der Waals surface area contributed by atoms with Crippen molar-refractivity contribution in [2.24, 2.45) is 11.8 Å². The fourth-order valence-electron chi connectivity index (χ4n) is 11.9. The van der Waals surface area contributed by atoms with Crippen molar-refractivity contribution in [1.82, 2.24) is 30.2 Å². The second kappa shape index (κ2) is 46.1. The van der Waals surface area contributed by atoms with Crippen molar-refractivity contribution in [3.8, 4) is 0 Å². The zero-order chi connectivity index (χ0) is 55.4. The smallest absolute Gasteiger partial charge is 0.243 e. The Hall–Kier alpha value is -2.72. The third-order valence-corrected chi connectivity index (χ3v) is 16.9. The summed E-state index contributed by atoms with van der Waals surface area (Å²) >= 11 is 0. The second-order valence-electron chi connectivity index (χ2n) is 24.3. The standard InChI is InChI=1S/C66H124N6O4/c1-9-11-13-15-17-19-21-23-25-27-29-31-33-35-39-47-61(73)71(55-49-59-45-43-53-69(59)7)63(57(3)4)65(75)67-51-41-37-38-42-52-68-66(76)64(58(5)6)72(56-50-60-46-44-54-70(60)8)62(74)48-40-36-34-32-30-28-26-24-22-20-18-16-14-12-10-2/h23-26,57-60,63-64H,9-22,27-56H2,1-8H3,(H,67,75)(H,68,76)/b25-23-,26-24-. The molecule has 0 aromatic rings. The van der Waals surface area contributed by atoms with E-state index in [4.69, 9.17) is 0 Å². The monoisotopic (exact) mass is 1060 g/mol. The van der Waals surface area contributed by atoms with Gasteiger partial charge in [-0.2, -0.15) is 0 Å². The highest BCUT2D eigenvalue weighted by atomic mass is 16.2. The van der Waals surface area contributed by atoms with Gasteiger partial charge in [0.15, 0.2) is 0 Å². The van der Waals surface area contributed by atoms with Crippen molar-refractivity contribution in [3.63, 3.8) is 0 Å². The molecule has 76 heavy (non-hydrogen) atoms. The van der Waals surface area contributed by atoms with Gasteiger partial charge in [-0.05, 0) is 155 Å². The maximum atomic E-state index is 14.0. The molecule has 0 aromatic carbocycles. The highest BCUT2D eigenvalue weighted by Crippen LogP contribution is 2.24. The van der Waals surface area contributed by atoms with Crippen molar-refractivity contribution < 1.29 is 19.2 Å². The number of amides is 4. The number of nitrogens with zero attached hydrogens (tertiary/aromatic N) is 4. The van der Waals surface area contributed by atoms with Gasteiger partial charge in [-0.3, -0.25) is 19.2 Å². The van der Waals surface area contributed by atoms with E-state index in [9.17, 15) is 19.2 Å². The zero-order valence-corrected chi connectivity index (χ0v) is 51.3. The van der Waals surface area contributed by atoms with Crippen molar-refractivity contribution in [2.45, 2.75) is 310 Å². The molecule has 0 saturated carbocycles. The molecule has 0 aromatic heterocycles. The quantitative estimate of drug-likeness (QED) is 0.0465. The topological polar surface area (TPSA) is 105 Å². The van der Waals surface area contributed by atoms with E-state index in [1.807, 2.05) is 9.80 Å². The van der Waals surface area contributed by atoms with E-state index >= 15 is 0 Å². The summed E-state index contributed by atoms with van der Waals surface area (Å²) in [6.07, 6.45) is 52.5. The normalized spacial score (nSPS) is 17.2. The van der Waals surface area contributed by atoms with Crippen LogP contribution in [0.1, 0.15) is 286 Å². The number of unbranched alkanes of at least 4 members (excludes halogenated alkanes) is 25. The maximum Gasteiger partial charge on any atom is 0.243 e. The summed E-state index contributed by atoms with van der Waals surface area (Å²) in [5, 5.41) is 6.47. The Bertz CT molecular complexity index is 1410. The number of carbonyl (C=O) groups is 4. The molecule has 0 spiro atoms. The molecule has 10 heteroatoms. The van der Waals surface area contributed by atoms with Crippen LogP contribution in [0.15, 0.2) is 24.3 Å². The average Bonchev–Trinajstić information content (AvgIpc) is 4.02. The molecule has 2 heterocycles. The first-order chi connectivity index (χ1) is 36.9. The van der Waals surface area contributed by atoms with Crippen molar-refractivity contribution >= 4 is 23.6 Å². The lowest BCUT2D eigenvalue weighted by Crippen LogP contribution is -2.53. The van der Waals surface area contributed by atoms with Gasteiger partial charge in [0.05, 0.1) is 0 Å². The van der Waals surface area contributed by atoms with Crippen LogP contribution in [0.25, 0.3) is 0 Å². The predicted molar refractivity (Wildman–Crippen MR) is 325 cm³/mol. The molecule has 2 rings (SSSR count). The third kappa shape index (κ3) is 32.4. The fourth-order valence-corrected chi connectivity index (χ4v) is 11.9. The second-order valence-corrected chi connectivity index (χ2v) is 24.3. The van der Waals surface area contributed by atoms with E-state index in [0.29, 0.717) is 51.1 Å². The minimum absolute atomic E-state index is 0.0138. The lowest BCUT2D eigenvalue weighted by atomic mass is 9.99. The van der Waals surface area contributed by atoms with E-state index in [-0.39, 0.29) is 35.5 Å². The summed E-state index contributed by atoms with van der Waals surface area (Å²) in [7, 11) is 4.38. The molecule has 2 fully saturated rings. The molecule has 2 aliphatic rings. The van der Waals surface area contributed by atoms with E-state index in [0.717, 1.165) is 116 Å². The minimum Gasteiger partial charge on any atom is -0.354 e. The molecule has 0 radical (unpaired) electrons. The van der Waals surface area contributed by atoms with E-state index in [1.165, 1.54) is 128 Å².